The molecular formula is C11H18O4. The van der Waals surface area contributed by atoms with E-state index in [2.05, 4.69) is 0 Å². The van der Waals surface area contributed by atoms with Gasteiger partial charge in [0.25, 0.3) is 0 Å². The highest BCUT2D eigenvalue weighted by molar-refractivity contribution is 5.76. The average molecular weight is 214 g/mol. The van der Waals surface area contributed by atoms with Crippen LogP contribution in [0.4, 0.5) is 0 Å². The molecule has 1 saturated heterocycles. The molecule has 86 valence electrons. The largest absolute Gasteiger partial charge is 0.481 e. The molecule has 0 bridgehead atoms. The Kier molecular flexibility index (Phi) is 2.73. The second-order valence-electron chi connectivity index (χ2n) is 4.78. The third kappa shape index (κ3) is 1.56. The van der Waals surface area contributed by atoms with E-state index in [1.54, 1.807) is 0 Å². The van der Waals surface area contributed by atoms with E-state index in [9.17, 15) is 15.0 Å². The standard InChI is InChI=1S/C11H18O4/c12-9(13)10(4-1-2-5-10)11(14)6-3-7-15-8-11/h14H,1-8H2,(H,12,13). The topological polar surface area (TPSA) is 66.8 Å². The third-order valence-electron chi connectivity index (χ3n) is 3.98. The van der Waals surface area contributed by atoms with Crippen molar-refractivity contribution in [3.8, 4) is 0 Å². The molecule has 1 heterocycles. The molecule has 1 atom stereocenters. The van der Waals surface area contributed by atoms with Crippen molar-refractivity contribution in [1.29, 1.82) is 0 Å². The lowest BCUT2D eigenvalue weighted by Gasteiger charge is -2.44. The van der Waals surface area contributed by atoms with Crippen LogP contribution in [0.3, 0.4) is 0 Å². The summed E-state index contributed by atoms with van der Waals surface area (Å²) in [5.74, 6) is -0.854. The minimum absolute atomic E-state index is 0.180. The minimum Gasteiger partial charge on any atom is -0.481 e. The van der Waals surface area contributed by atoms with Crippen molar-refractivity contribution in [2.45, 2.75) is 44.1 Å². The lowest BCUT2D eigenvalue weighted by atomic mass is 9.68. The van der Waals surface area contributed by atoms with Crippen molar-refractivity contribution in [3.05, 3.63) is 0 Å². The van der Waals surface area contributed by atoms with E-state index in [1.807, 2.05) is 0 Å². The fourth-order valence-corrected chi connectivity index (χ4v) is 3.01. The molecule has 2 fully saturated rings. The molecule has 0 radical (unpaired) electrons. The lowest BCUT2D eigenvalue weighted by Crippen LogP contribution is -2.56. The van der Waals surface area contributed by atoms with E-state index in [0.29, 0.717) is 25.9 Å². The summed E-state index contributed by atoms with van der Waals surface area (Å²) < 4.78 is 5.26. The van der Waals surface area contributed by atoms with E-state index in [4.69, 9.17) is 4.74 Å². The van der Waals surface area contributed by atoms with Gasteiger partial charge >= 0.3 is 5.97 Å². The summed E-state index contributed by atoms with van der Waals surface area (Å²) in [6.07, 6.45) is 4.28. The van der Waals surface area contributed by atoms with Gasteiger partial charge in [0.05, 0.1) is 12.0 Å². The predicted molar refractivity (Wildman–Crippen MR) is 53.5 cm³/mol. The first-order valence-corrected chi connectivity index (χ1v) is 5.64. The maximum atomic E-state index is 11.4. The zero-order valence-corrected chi connectivity index (χ0v) is 8.87. The van der Waals surface area contributed by atoms with Crippen LogP contribution in [-0.2, 0) is 9.53 Å². The van der Waals surface area contributed by atoms with Crippen molar-refractivity contribution in [2.24, 2.45) is 5.41 Å². The van der Waals surface area contributed by atoms with Gasteiger partial charge in [-0.3, -0.25) is 4.79 Å². The van der Waals surface area contributed by atoms with Crippen LogP contribution in [0.15, 0.2) is 0 Å². The van der Waals surface area contributed by atoms with Crippen LogP contribution < -0.4 is 0 Å². The normalized spacial score (nSPS) is 35.3. The van der Waals surface area contributed by atoms with Crippen LogP contribution in [-0.4, -0.2) is 35.0 Å². The zero-order chi connectivity index (χ0) is 10.9. The van der Waals surface area contributed by atoms with Gasteiger partial charge in [-0.15, -0.1) is 0 Å². The van der Waals surface area contributed by atoms with Crippen molar-refractivity contribution in [2.75, 3.05) is 13.2 Å². The number of carboxylic acid groups (broad SMARTS) is 1. The highest BCUT2D eigenvalue weighted by Gasteiger charge is 2.57. The van der Waals surface area contributed by atoms with Gasteiger partial charge in [0.2, 0.25) is 0 Å². The maximum Gasteiger partial charge on any atom is 0.312 e. The summed E-state index contributed by atoms with van der Waals surface area (Å²) >= 11 is 0. The molecule has 0 aromatic heterocycles. The molecule has 1 saturated carbocycles. The number of carboxylic acids is 1. The number of ether oxygens (including phenoxy) is 1. The number of carbonyl (C=O) groups is 1. The van der Waals surface area contributed by atoms with Gasteiger partial charge in [-0.05, 0) is 25.7 Å². The van der Waals surface area contributed by atoms with E-state index in [0.717, 1.165) is 19.3 Å². The highest BCUT2D eigenvalue weighted by atomic mass is 16.5. The molecule has 2 aliphatic rings. The third-order valence-corrected chi connectivity index (χ3v) is 3.98. The fraction of sp³-hybridized carbons (Fsp3) is 0.909. The molecule has 0 spiro atoms. The molecule has 1 unspecified atom stereocenters. The van der Waals surface area contributed by atoms with E-state index in [-0.39, 0.29) is 6.61 Å². The van der Waals surface area contributed by atoms with Gasteiger partial charge in [0.15, 0.2) is 0 Å². The lowest BCUT2D eigenvalue weighted by molar-refractivity contribution is -0.190. The fourth-order valence-electron chi connectivity index (χ4n) is 3.01. The molecule has 2 N–H and O–H groups in total. The van der Waals surface area contributed by atoms with E-state index in [1.165, 1.54) is 0 Å². The van der Waals surface area contributed by atoms with E-state index >= 15 is 0 Å². The molecular weight excluding hydrogens is 196 g/mol. The van der Waals surface area contributed by atoms with Crippen LogP contribution in [0.25, 0.3) is 0 Å². The van der Waals surface area contributed by atoms with Gasteiger partial charge < -0.3 is 14.9 Å². The first-order chi connectivity index (χ1) is 7.11. The Balaban J connectivity index is 2.26. The molecule has 15 heavy (non-hydrogen) atoms. The monoisotopic (exact) mass is 214 g/mol. The Hall–Kier alpha value is -0.610. The highest BCUT2D eigenvalue weighted by Crippen LogP contribution is 2.49. The molecule has 0 aromatic carbocycles. The molecule has 4 nitrogen and oxygen atoms in total. The Morgan fingerprint density at radius 1 is 1.13 bits per heavy atom. The van der Waals surface area contributed by atoms with Crippen LogP contribution in [0.1, 0.15) is 38.5 Å². The Labute approximate surface area is 89.2 Å². The Bertz CT molecular complexity index is 249. The second-order valence-corrected chi connectivity index (χ2v) is 4.78. The van der Waals surface area contributed by atoms with Crippen LogP contribution in [0, 0.1) is 5.41 Å². The van der Waals surface area contributed by atoms with Crippen LogP contribution in [0.5, 0.6) is 0 Å². The summed E-state index contributed by atoms with van der Waals surface area (Å²) in [7, 11) is 0. The Morgan fingerprint density at radius 3 is 2.27 bits per heavy atom. The number of rotatable bonds is 2. The minimum atomic E-state index is -1.15. The van der Waals surface area contributed by atoms with Crippen LogP contribution in [0.2, 0.25) is 0 Å². The summed E-state index contributed by atoms with van der Waals surface area (Å²) in [5.41, 5.74) is -2.10. The van der Waals surface area contributed by atoms with Crippen molar-refractivity contribution < 1.29 is 19.7 Å². The van der Waals surface area contributed by atoms with Crippen molar-refractivity contribution >= 4 is 5.97 Å². The maximum absolute atomic E-state index is 11.4. The smallest absolute Gasteiger partial charge is 0.312 e. The predicted octanol–water partition coefficient (Wildman–Crippen LogP) is 1.17. The summed E-state index contributed by atoms with van der Waals surface area (Å²) in [6.45, 7) is 0.817. The SMILES string of the molecule is O=C(O)C1(C2(O)CCCOC2)CCCC1. The first-order valence-electron chi connectivity index (χ1n) is 5.64. The van der Waals surface area contributed by atoms with Gasteiger partial charge in [0, 0.05) is 6.61 Å². The average Bonchev–Trinajstić information content (AvgIpc) is 2.69. The number of hydrogen-bond donors (Lipinski definition) is 2. The molecule has 0 aromatic rings. The van der Waals surface area contributed by atoms with E-state index < -0.39 is 17.0 Å². The Morgan fingerprint density at radius 2 is 1.80 bits per heavy atom. The zero-order valence-electron chi connectivity index (χ0n) is 8.87. The van der Waals surface area contributed by atoms with Gasteiger partial charge in [-0.25, -0.2) is 0 Å². The molecule has 2 rings (SSSR count). The quantitative estimate of drug-likeness (QED) is 0.724. The first kappa shape index (κ1) is 10.9. The van der Waals surface area contributed by atoms with Gasteiger partial charge in [-0.1, -0.05) is 12.8 Å². The number of aliphatic carboxylic acids is 1. The summed E-state index contributed by atoms with van der Waals surface area (Å²) in [6, 6.07) is 0. The van der Waals surface area contributed by atoms with Crippen LogP contribution >= 0.6 is 0 Å². The molecule has 1 aliphatic heterocycles. The number of aliphatic hydroxyl groups is 1. The number of hydrogen-bond acceptors (Lipinski definition) is 3. The molecule has 0 amide bonds. The summed E-state index contributed by atoms with van der Waals surface area (Å²) in [5, 5.41) is 19.9. The van der Waals surface area contributed by atoms with Crippen molar-refractivity contribution in [3.63, 3.8) is 0 Å². The summed E-state index contributed by atoms with van der Waals surface area (Å²) in [4.78, 5) is 11.4. The van der Waals surface area contributed by atoms with Crippen molar-refractivity contribution in [1.82, 2.24) is 0 Å². The van der Waals surface area contributed by atoms with Gasteiger partial charge in [0.1, 0.15) is 5.60 Å². The second kappa shape index (κ2) is 3.76. The molecule has 1 aliphatic carbocycles. The van der Waals surface area contributed by atoms with Gasteiger partial charge in [-0.2, -0.15) is 0 Å². The molecule has 4 heteroatoms.